The normalized spacial score (nSPS) is 10.6. The fourth-order valence-corrected chi connectivity index (χ4v) is 1.78. The third-order valence-electron chi connectivity index (χ3n) is 2.87. The van der Waals surface area contributed by atoms with Gasteiger partial charge in [-0.15, -0.1) is 0 Å². The Morgan fingerprint density at radius 2 is 1.88 bits per heavy atom. The number of hydrogen-bond donors (Lipinski definition) is 1. The highest BCUT2D eigenvalue weighted by Crippen LogP contribution is 2.24. The second-order valence-corrected chi connectivity index (χ2v) is 4.01. The maximum Gasteiger partial charge on any atom is 0.182 e. The molecular weight excluding hydrogens is 222 g/mol. The van der Waals surface area contributed by atoms with Crippen LogP contribution < -0.4 is 10.6 Å². The average molecular weight is 242 g/mol. The van der Waals surface area contributed by atoms with E-state index in [0.29, 0.717) is 12.2 Å². The van der Waals surface area contributed by atoms with E-state index in [-0.39, 0.29) is 12.1 Å². The van der Waals surface area contributed by atoms with Crippen LogP contribution in [0.4, 0.5) is 14.5 Å². The minimum Gasteiger partial charge on any atom is -0.369 e. The van der Waals surface area contributed by atoms with Gasteiger partial charge in [-0.1, -0.05) is 19.4 Å². The number of nitrogens with zero attached hydrogens (tertiary/aromatic N) is 1. The molecule has 0 aliphatic carbocycles. The van der Waals surface area contributed by atoms with Gasteiger partial charge in [-0.2, -0.15) is 0 Å². The molecule has 2 nitrogen and oxygen atoms in total. The van der Waals surface area contributed by atoms with E-state index in [9.17, 15) is 8.78 Å². The van der Waals surface area contributed by atoms with Crippen LogP contribution >= 0.6 is 0 Å². The van der Waals surface area contributed by atoms with E-state index < -0.39 is 11.6 Å². The summed E-state index contributed by atoms with van der Waals surface area (Å²) in [6.45, 7) is 5.43. The molecule has 0 heterocycles. The summed E-state index contributed by atoms with van der Waals surface area (Å²) in [6, 6.07) is 3.17. The topological polar surface area (TPSA) is 29.3 Å². The van der Waals surface area contributed by atoms with Crippen LogP contribution in [0.15, 0.2) is 12.1 Å². The standard InChI is InChI=1S/C13H20F2N2/c1-3-5-8-17(4-2)11-7-6-10(9-16)12(14)13(11)15/h6-7H,3-5,8-9,16H2,1-2H3. The molecule has 0 aromatic heterocycles. The van der Waals surface area contributed by atoms with Gasteiger partial charge in [-0.25, -0.2) is 8.78 Å². The summed E-state index contributed by atoms with van der Waals surface area (Å²) < 4.78 is 27.4. The minimum absolute atomic E-state index is 0.0180. The van der Waals surface area contributed by atoms with Crippen LogP contribution in [0.5, 0.6) is 0 Å². The zero-order chi connectivity index (χ0) is 12.8. The summed E-state index contributed by atoms with van der Waals surface area (Å²) >= 11 is 0. The highest BCUT2D eigenvalue weighted by Gasteiger charge is 2.16. The summed E-state index contributed by atoms with van der Waals surface area (Å²) in [5, 5.41) is 0. The summed E-state index contributed by atoms with van der Waals surface area (Å²) in [7, 11) is 0. The number of unbranched alkanes of at least 4 members (excludes halogenated alkanes) is 1. The Morgan fingerprint density at radius 1 is 1.18 bits per heavy atom. The number of rotatable bonds is 6. The zero-order valence-corrected chi connectivity index (χ0v) is 10.5. The van der Waals surface area contributed by atoms with Gasteiger partial charge in [-0.05, 0) is 19.4 Å². The molecule has 1 aromatic rings. The molecule has 1 aromatic carbocycles. The highest BCUT2D eigenvalue weighted by atomic mass is 19.2. The first-order valence-corrected chi connectivity index (χ1v) is 6.07. The van der Waals surface area contributed by atoms with Crippen LogP contribution in [0.3, 0.4) is 0 Å². The Bertz CT molecular complexity index is 367. The maximum absolute atomic E-state index is 13.8. The number of benzene rings is 1. The quantitative estimate of drug-likeness (QED) is 0.830. The first-order chi connectivity index (χ1) is 8.15. The van der Waals surface area contributed by atoms with E-state index in [2.05, 4.69) is 6.92 Å². The SMILES string of the molecule is CCCCN(CC)c1ccc(CN)c(F)c1F. The van der Waals surface area contributed by atoms with Gasteiger partial charge in [0.15, 0.2) is 11.6 Å². The van der Waals surface area contributed by atoms with Crippen molar-refractivity contribution in [1.82, 2.24) is 0 Å². The van der Waals surface area contributed by atoms with Crippen molar-refractivity contribution in [3.05, 3.63) is 29.3 Å². The largest absolute Gasteiger partial charge is 0.369 e. The molecule has 2 N–H and O–H groups in total. The monoisotopic (exact) mass is 242 g/mol. The smallest absolute Gasteiger partial charge is 0.182 e. The molecular formula is C13H20F2N2. The van der Waals surface area contributed by atoms with Gasteiger partial charge in [0.05, 0.1) is 5.69 Å². The van der Waals surface area contributed by atoms with Crippen LogP contribution in [-0.4, -0.2) is 13.1 Å². The van der Waals surface area contributed by atoms with E-state index in [1.54, 1.807) is 12.1 Å². The molecule has 0 amide bonds. The highest BCUT2D eigenvalue weighted by molar-refractivity contribution is 5.49. The molecule has 96 valence electrons. The molecule has 0 aliphatic heterocycles. The van der Waals surface area contributed by atoms with E-state index in [4.69, 9.17) is 5.73 Å². The van der Waals surface area contributed by atoms with Crippen molar-refractivity contribution < 1.29 is 8.78 Å². The molecule has 0 bridgehead atoms. The van der Waals surface area contributed by atoms with Gasteiger partial charge in [0.25, 0.3) is 0 Å². The Balaban J connectivity index is 3.00. The van der Waals surface area contributed by atoms with Crippen LogP contribution in [0.25, 0.3) is 0 Å². The second-order valence-electron chi connectivity index (χ2n) is 4.01. The molecule has 17 heavy (non-hydrogen) atoms. The summed E-state index contributed by atoms with van der Waals surface area (Å²) in [4.78, 5) is 1.85. The van der Waals surface area contributed by atoms with Gasteiger partial charge in [0.1, 0.15) is 0 Å². The van der Waals surface area contributed by atoms with Crippen LogP contribution in [0, 0.1) is 11.6 Å². The van der Waals surface area contributed by atoms with Crippen molar-refractivity contribution in [3.63, 3.8) is 0 Å². The number of anilines is 1. The van der Waals surface area contributed by atoms with Crippen molar-refractivity contribution in [2.75, 3.05) is 18.0 Å². The van der Waals surface area contributed by atoms with Crippen molar-refractivity contribution in [2.45, 2.75) is 33.2 Å². The molecule has 0 saturated carbocycles. The Hall–Kier alpha value is -1.16. The Morgan fingerprint density at radius 3 is 2.41 bits per heavy atom. The van der Waals surface area contributed by atoms with E-state index >= 15 is 0 Å². The van der Waals surface area contributed by atoms with E-state index in [1.165, 1.54) is 0 Å². The van der Waals surface area contributed by atoms with E-state index in [1.807, 2.05) is 11.8 Å². The second kappa shape index (κ2) is 6.55. The summed E-state index contributed by atoms with van der Waals surface area (Å²) in [6.07, 6.45) is 2.00. The predicted octanol–water partition coefficient (Wildman–Crippen LogP) is 3.05. The number of hydrogen-bond acceptors (Lipinski definition) is 2. The Labute approximate surface area is 101 Å². The van der Waals surface area contributed by atoms with Crippen LogP contribution in [0.1, 0.15) is 32.3 Å². The molecule has 0 radical (unpaired) electrons. The lowest BCUT2D eigenvalue weighted by molar-refractivity contribution is 0.496. The molecule has 4 heteroatoms. The molecule has 0 unspecified atom stereocenters. The fraction of sp³-hybridized carbons (Fsp3) is 0.538. The van der Waals surface area contributed by atoms with Crippen molar-refractivity contribution in [3.8, 4) is 0 Å². The van der Waals surface area contributed by atoms with E-state index in [0.717, 1.165) is 19.4 Å². The first-order valence-electron chi connectivity index (χ1n) is 6.07. The molecule has 0 fully saturated rings. The third kappa shape index (κ3) is 3.16. The fourth-order valence-electron chi connectivity index (χ4n) is 1.78. The van der Waals surface area contributed by atoms with Gasteiger partial charge >= 0.3 is 0 Å². The number of nitrogens with two attached hydrogens (primary N) is 1. The third-order valence-corrected chi connectivity index (χ3v) is 2.87. The van der Waals surface area contributed by atoms with Crippen molar-refractivity contribution in [1.29, 1.82) is 0 Å². The van der Waals surface area contributed by atoms with Crippen molar-refractivity contribution >= 4 is 5.69 Å². The lowest BCUT2D eigenvalue weighted by Gasteiger charge is -2.24. The Kier molecular flexibility index (Phi) is 5.35. The maximum atomic E-state index is 13.8. The predicted molar refractivity (Wildman–Crippen MR) is 67.0 cm³/mol. The van der Waals surface area contributed by atoms with Gasteiger partial charge < -0.3 is 10.6 Å². The zero-order valence-electron chi connectivity index (χ0n) is 10.5. The molecule has 0 saturated heterocycles. The first kappa shape index (κ1) is 13.9. The van der Waals surface area contributed by atoms with Gasteiger partial charge in [0.2, 0.25) is 0 Å². The van der Waals surface area contributed by atoms with Gasteiger partial charge in [-0.3, -0.25) is 0 Å². The number of halogens is 2. The molecule has 1 rings (SSSR count). The average Bonchev–Trinajstić information content (AvgIpc) is 2.35. The molecule has 0 atom stereocenters. The summed E-state index contributed by atoms with van der Waals surface area (Å²) in [5.41, 5.74) is 5.89. The molecule has 0 aliphatic rings. The van der Waals surface area contributed by atoms with Gasteiger partial charge in [0, 0.05) is 25.2 Å². The van der Waals surface area contributed by atoms with Crippen molar-refractivity contribution in [2.24, 2.45) is 5.73 Å². The molecule has 0 spiro atoms. The van der Waals surface area contributed by atoms with Crippen LogP contribution in [0.2, 0.25) is 0 Å². The lowest BCUT2D eigenvalue weighted by Crippen LogP contribution is -2.25. The van der Waals surface area contributed by atoms with Crippen LogP contribution in [-0.2, 0) is 6.54 Å². The lowest BCUT2D eigenvalue weighted by atomic mass is 10.1. The minimum atomic E-state index is -0.819. The summed E-state index contributed by atoms with van der Waals surface area (Å²) in [5.74, 6) is -1.61.